The van der Waals surface area contributed by atoms with E-state index in [1.54, 1.807) is 0 Å². The minimum atomic E-state index is -0.0991. The van der Waals surface area contributed by atoms with Crippen molar-refractivity contribution in [1.82, 2.24) is 0 Å². The lowest BCUT2D eigenvalue weighted by atomic mass is 9.97. The maximum Gasteiger partial charge on any atom is 0.0645 e. The van der Waals surface area contributed by atoms with E-state index in [1.807, 2.05) is 71.6 Å². The standard InChI is InChI=1S/C46H31N/c1-2-10-32(11-3-1)33-20-25-39(26-21-33)47(46-31-37-13-5-7-15-42(37)44-16-8-9-17-45(44)46)40-27-22-34(23-28-40)36-24-29-43-38(30-36)19-18-35-12-4-6-14-41(35)43/h1-31H/i20D,21D,25D,26D. The Labute approximate surface area is 280 Å². The van der Waals surface area contributed by atoms with Gasteiger partial charge in [-0.3, -0.25) is 0 Å². The number of benzene rings is 9. The van der Waals surface area contributed by atoms with Crippen LogP contribution in [0.2, 0.25) is 0 Å². The van der Waals surface area contributed by atoms with Crippen molar-refractivity contribution in [3.63, 3.8) is 0 Å². The van der Waals surface area contributed by atoms with Crippen LogP contribution in [0.1, 0.15) is 5.48 Å². The van der Waals surface area contributed by atoms with Crippen LogP contribution in [-0.2, 0) is 0 Å². The number of anilines is 3. The Hall–Kier alpha value is -6.18. The highest BCUT2D eigenvalue weighted by atomic mass is 15.1. The van der Waals surface area contributed by atoms with E-state index < -0.39 is 0 Å². The third-order valence-electron chi connectivity index (χ3n) is 9.09. The molecule has 9 aromatic carbocycles. The molecule has 47 heavy (non-hydrogen) atoms. The molecular formula is C46H31N. The molecule has 0 spiro atoms. The third kappa shape index (κ3) is 4.81. The first-order chi connectivity index (χ1) is 25.0. The molecule has 0 saturated carbocycles. The Morgan fingerprint density at radius 2 is 0.851 bits per heavy atom. The van der Waals surface area contributed by atoms with Crippen LogP contribution in [-0.4, -0.2) is 0 Å². The second-order valence-electron chi connectivity index (χ2n) is 11.9. The molecule has 0 fully saturated rings. The quantitative estimate of drug-likeness (QED) is 0.177. The highest BCUT2D eigenvalue weighted by Gasteiger charge is 2.18. The van der Waals surface area contributed by atoms with Crippen molar-refractivity contribution in [3.05, 3.63) is 188 Å². The van der Waals surface area contributed by atoms with Gasteiger partial charge in [-0.2, -0.15) is 0 Å². The smallest absolute Gasteiger partial charge is 0.0645 e. The van der Waals surface area contributed by atoms with Crippen molar-refractivity contribution in [1.29, 1.82) is 0 Å². The third-order valence-corrected chi connectivity index (χ3v) is 9.09. The molecule has 0 N–H and O–H groups in total. The van der Waals surface area contributed by atoms with E-state index in [1.165, 1.54) is 21.5 Å². The van der Waals surface area contributed by atoms with E-state index in [0.29, 0.717) is 5.56 Å². The highest BCUT2D eigenvalue weighted by molar-refractivity contribution is 6.14. The fourth-order valence-electron chi connectivity index (χ4n) is 6.77. The second kappa shape index (κ2) is 11.3. The van der Waals surface area contributed by atoms with Gasteiger partial charge < -0.3 is 4.90 Å². The predicted molar refractivity (Wildman–Crippen MR) is 202 cm³/mol. The molecule has 0 aliphatic rings. The zero-order valence-corrected chi connectivity index (χ0v) is 25.5. The van der Waals surface area contributed by atoms with Crippen LogP contribution in [0.5, 0.6) is 0 Å². The van der Waals surface area contributed by atoms with Crippen molar-refractivity contribution in [2.45, 2.75) is 0 Å². The summed E-state index contributed by atoms with van der Waals surface area (Å²) in [5.41, 5.74) is 4.78. The molecule has 0 aromatic heterocycles. The van der Waals surface area contributed by atoms with Gasteiger partial charge >= 0.3 is 0 Å². The number of hydrogen-bond acceptors (Lipinski definition) is 1. The van der Waals surface area contributed by atoms with Gasteiger partial charge in [0.25, 0.3) is 0 Å². The lowest BCUT2D eigenvalue weighted by Crippen LogP contribution is -2.10. The average Bonchev–Trinajstić information content (AvgIpc) is 3.19. The summed E-state index contributed by atoms with van der Waals surface area (Å²) < 4.78 is 37.1. The maximum atomic E-state index is 9.40. The molecule has 1 nitrogen and oxygen atoms in total. The Kier molecular flexibility index (Phi) is 5.59. The summed E-state index contributed by atoms with van der Waals surface area (Å²) in [6.07, 6.45) is 0. The van der Waals surface area contributed by atoms with E-state index in [9.17, 15) is 2.74 Å². The first kappa shape index (κ1) is 23.2. The van der Waals surface area contributed by atoms with E-state index in [0.717, 1.165) is 44.0 Å². The largest absolute Gasteiger partial charge is 0.310 e. The topological polar surface area (TPSA) is 3.24 Å². The van der Waals surface area contributed by atoms with E-state index >= 15 is 0 Å². The molecule has 9 rings (SSSR count). The van der Waals surface area contributed by atoms with Gasteiger partial charge in [-0.25, -0.2) is 0 Å². The summed E-state index contributed by atoms with van der Waals surface area (Å²) in [5.74, 6) is 0. The van der Waals surface area contributed by atoms with Crippen LogP contribution >= 0.6 is 0 Å². The first-order valence-corrected chi connectivity index (χ1v) is 15.9. The Morgan fingerprint density at radius 3 is 1.62 bits per heavy atom. The van der Waals surface area contributed by atoms with E-state index in [2.05, 4.69) is 97.1 Å². The summed E-state index contributed by atoms with van der Waals surface area (Å²) >= 11 is 0. The van der Waals surface area contributed by atoms with Crippen LogP contribution in [0, 0.1) is 0 Å². The molecule has 0 aliphatic heterocycles. The number of nitrogens with zero attached hydrogens (tertiary/aromatic N) is 1. The molecule has 0 atom stereocenters. The SMILES string of the molecule is [2H]c1c([2H])c(N(c2ccc(-c3ccc4c(ccc5ccccc54)c3)cc2)c2cc3ccccc3c3ccccc23)c([2H])c([2H])c1-c1ccccc1. The fraction of sp³-hybridized carbons (Fsp3) is 0. The van der Waals surface area contributed by atoms with Gasteiger partial charge in [0.2, 0.25) is 0 Å². The Balaban J connectivity index is 1.25. The van der Waals surface area contributed by atoms with Crippen molar-refractivity contribution in [2.75, 3.05) is 4.90 Å². The molecule has 9 aromatic rings. The first-order valence-electron chi connectivity index (χ1n) is 17.9. The van der Waals surface area contributed by atoms with Crippen molar-refractivity contribution in [3.8, 4) is 22.3 Å². The monoisotopic (exact) mass is 601 g/mol. The summed E-state index contributed by atoms with van der Waals surface area (Å²) in [7, 11) is 0. The van der Waals surface area contributed by atoms with Crippen molar-refractivity contribution < 1.29 is 5.48 Å². The number of fused-ring (bicyclic) bond motifs is 6. The van der Waals surface area contributed by atoms with Gasteiger partial charge in [-0.05, 0) is 96.3 Å². The molecule has 0 aliphatic carbocycles. The molecule has 0 unspecified atom stereocenters. The molecule has 0 amide bonds. The molecule has 0 radical (unpaired) electrons. The Bertz CT molecular complexity index is 2760. The van der Waals surface area contributed by atoms with Crippen LogP contribution < -0.4 is 4.90 Å². The second-order valence-corrected chi connectivity index (χ2v) is 11.9. The lowest BCUT2D eigenvalue weighted by Gasteiger charge is -2.28. The van der Waals surface area contributed by atoms with Crippen LogP contribution in [0.4, 0.5) is 17.1 Å². The van der Waals surface area contributed by atoms with Crippen LogP contribution in [0.15, 0.2) is 188 Å². The maximum absolute atomic E-state index is 9.40. The zero-order valence-electron chi connectivity index (χ0n) is 29.5. The normalized spacial score (nSPS) is 12.6. The fourth-order valence-corrected chi connectivity index (χ4v) is 6.77. The van der Waals surface area contributed by atoms with Crippen LogP contribution in [0.25, 0.3) is 65.3 Å². The molecule has 0 heterocycles. The number of rotatable bonds is 5. The zero-order chi connectivity index (χ0) is 34.6. The van der Waals surface area contributed by atoms with Crippen LogP contribution in [0.3, 0.4) is 0 Å². The summed E-state index contributed by atoms with van der Waals surface area (Å²) in [5, 5.41) is 8.95. The summed E-state index contributed by atoms with van der Waals surface area (Å²) in [6.45, 7) is 0. The minimum Gasteiger partial charge on any atom is -0.310 e. The van der Waals surface area contributed by atoms with E-state index in [-0.39, 0.29) is 35.4 Å². The van der Waals surface area contributed by atoms with Crippen molar-refractivity contribution >= 4 is 60.2 Å². The molecule has 1 heteroatoms. The Morgan fingerprint density at radius 1 is 0.319 bits per heavy atom. The lowest BCUT2D eigenvalue weighted by molar-refractivity contribution is 1.30. The van der Waals surface area contributed by atoms with Crippen molar-refractivity contribution in [2.24, 2.45) is 0 Å². The van der Waals surface area contributed by atoms with Gasteiger partial charge in [0.1, 0.15) is 0 Å². The summed E-state index contributed by atoms with van der Waals surface area (Å²) in [4.78, 5) is 1.90. The van der Waals surface area contributed by atoms with Gasteiger partial charge in [-0.15, -0.1) is 0 Å². The van der Waals surface area contributed by atoms with Gasteiger partial charge in [-0.1, -0.05) is 152 Å². The minimum absolute atomic E-state index is 0.0763. The molecule has 0 saturated heterocycles. The van der Waals surface area contributed by atoms with Gasteiger partial charge in [0.05, 0.1) is 11.2 Å². The molecule has 220 valence electrons. The predicted octanol–water partition coefficient (Wildman–Crippen LogP) is 13.1. The number of hydrogen-bond donors (Lipinski definition) is 0. The summed E-state index contributed by atoms with van der Waals surface area (Å²) in [6, 6.07) is 54.9. The molecule has 0 bridgehead atoms. The highest BCUT2D eigenvalue weighted by Crippen LogP contribution is 2.43. The van der Waals surface area contributed by atoms with Gasteiger partial charge in [0, 0.05) is 16.8 Å². The average molecular weight is 602 g/mol. The van der Waals surface area contributed by atoms with E-state index in [4.69, 9.17) is 2.74 Å². The van der Waals surface area contributed by atoms with Gasteiger partial charge in [0.15, 0.2) is 0 Å². The molecular weight excluding hydrogens is 567 g/mol.